The van der Waals surface area contributed by atoms with E-state index in [4.69, 9.17) is 9.47 Å². The Morgan fingerprint density at radius 1 is 1.19 bits per heavy atom. The number of hydrogen-bond acceptors (Lipinski definition) is 5. The molecule has 0 aliphatic carbocycles. The molecule has 21 heavy (non-hydrogen) atoms. The second kappa shape index (κ2) is 6.72. The van der Waals surface area contributed by atoms with Gasteiger partial charge in [0.25, 0.3) is 10.0 Å². The van der Waals surface area contributed by atoms with Gasteiger partial charge in [0.05, 0.1) is 14.2 Å². The first-order valence-electron chi connectivity index (χ1n) is 5.96. The average Bonchev–Trinajstić information content (AvgIpc) is 2.43. The minimum atomic E-state index is -4.27. The fourth-order valence-corrected chi connectivity index (χ4v) is 2.28. The van der Waals surface area contributed by atoms with Gasteiger partial charge in [0.2, 0.25) is 5.91 Å². The molecule has 0 heterocycles. The van der Waals surface area contributed by atoms with Crippen molar-refractivity contribution in [2.24, 2.45) is 5.92 Å². The maximum atomic E-state index is 13.9. The molecule has 1 amide bonds. The first-order chi connectivity index (χ1) is 9.72. The van der Waals surface area contributed by atoms with Crippen LogP contribution in [-0.4, -0.2) is 28.5 Å². The highest BCUT2D eigenvalue weighted by molar-refractivity contribution is 7.89. The Morgan fingerprint density at radius 2 is 1.71 bits per heavy atom. The number of hydrazine groups is 1. The lowest BCUT2D eigenvalue weighted by atomic mass is 10.2. The number of rotatable bonds is 6. The Hall–Kier alpha value is -1.87. The van der Waals surface area contributed by atoms with E-state index in [1.54, 1.807) is 13.8 Å². The standard InChI is InChI=1S/C12H17FN2O5S/c1-7(2)12(16)14-15-21(17,18)11-6-10(20-4)9(19-3)5-8(11)13/h5-7,15H,1-4H3,(H,14,16). The maximum absolute atomic E-state index is 13.9. The summed E-state index contributed by atoms with van der Waals surface area (Å²) in [5, 5.41) is 0. The van der Waals surface area contributed by atoms with E-state index in [1.807, 2.05) is 10.3 Å². The van der Waals surface area contributed by atoms with Gasteiger partial charge in [0, 0.05) is 18.1 Å². The second-order valence-electron chi connectivity index (χ2n) is 4.39. The average molecular weight is 320 g/mol. The topological polar surface area (TPSA) is 93.7 Å². The van der Waals surface area contributed by atoms with Crippen molar-refractivity contribution in [1.82, 2.24) is 10.3 Å². The van der Waals surface area contributed by atoms with Gasteiger partial charge in [0.1, 0.15) is 10.7 Å². The highest BCUT2D eigenvalue weighted by Gasteiger charge is 2.23. The van der Waals surface area contributed by atoms with Gasteiger partial charge in [-0.2, -0.15) is 0 Å². The van der Waals surface area contributed by atoms with Crippen LogP contribution >= 0.6 is 0 Å². The van der Waals surface area contributed by atoms with Gasteiger partial charge in [-0.05, 0) is 0 Å². The summed E-state index contributed by atoms with van der Waals surface area (Å²) in [4.78, 5) is 12.5. The van der Waals surface area contributed by atoms with Crippen molar-refractivity contribution in [3.63, 3.8) is 0 Å². The van der Waals surface area contributed by atoms with E-state index in [0.29, 0.717) is 0 Å². The molecule has 118 valence electrons. The molecule has 1 aromatic carbocycles. The fourth-order valence-electron chi connectivity index (χ4n) is 1.36. The molecule has 9 heteroatoms. The molecule has 0 spiro atoms. The number of benzene rings is 1. The Kier molecular flexibility index (Phi) is 5.50. The molecule has 2 N–H and O–H groups in total. The van der Waals surface area contributed by atoms with Crippen LogP contribution in [0.3, 0.4) is 0 Å². The van der Waals surface area contributed by atoms with Gasteiger partial charge < -0.3 is 9.47 Å². The molecule has 0 radical (unpaired) electrons. The van der Waals surface area contributed by atoms with Crippen LogP contribution in [-0.2, 0) is 14.8 Å². The van der Waals surface area contributed by atoms with Gasteiger partial charge in [-0.15, -0.1) is 4.83 Å². The van der Waals surface area contributed by atoms with E-state index in [1.165, 1.54) is 14.2 Å². The Labute approximate surface area is 122 Å². The normalized spacial score (nSPS) is 11.3. The van der Waals surface area contributed by atoms with E-state index in [-0.39, 0.29) is 11.5 Å². The Morgan fingerprint density at radius 3 is 2.19 bits per heavy atom. The van der Waals surface area contributed by atoms with E-state index in [2.05, 4.69) is 0 Å². The lowest BCUT2D eigenvalue weighted by Crippen LogP contribution is -2.43. The van der Waals surface area contributed by atoms with Crippen LogP contribution < -0.4 is 19.7 Å². The molecule has 1 aromatic rings. The predicted molar refractivity (Wildman–Crippen MR) is 72.8 cm³/mol. The van der Waals surface area contributed by atoms with Crippen LogP contribution in [0.25, 0.3) is 0 Å². The molecule has 1 rings (SSSR count). The summed E-state index contributed by atoms with van der Waals surface area (Å²) in [6, 6.07) is 1.86. The lowest BCUT2D eigenvalue weighted by Gasteiger charge is -2.13. The molecule has 0 fully saturated rings. The van der Waals surface area contributed by atoms with E-state index >= 15 is 0 Å². The maximum Gasteiger partial charge on any atom is 0.260 e. The monoisotopic (exact) mass is 320 g/mol. The summed E-state index contributed by atoms with van der Waals surface area (Å²) in [6.07, 6.45) is 0. The number of methoxy groups -OCH3 is 2. The van der Waals surface area contributed by atoms with Gasteiger partial charge in [-0.25, -0.2) is 12.8 Å². The molecule has 0 unspecified atom stereocenters. The molecular formula is C12H17FN2O5S. The minimum absolute atomic E-state index is 0.0504. The van der Waals surface area contributed by atoms with Crippen LogP contribution in [0.4, 0.5) is 4.39 Å². The highest BCUT2D eigenvalue weighted by atomic mass is 32.2. The van der Waals surface area contributed by atoms with Crippen LogP contribution in [0.15, 0.2) is 17.0 Å². The zero-order valence-electron chi connectivity index (χ0n) is 12.1. The Balaban J connectivity index is 3.11. The second-order valence-corrected chi connectivity index (χ2v) is 6.04. The summed E-state index contributed by atoms with van der Waals surface area (Å²) < 4.78 is 47.6. The molecule has 0 bridgehead atoms. The SMILES string of the molecule is COc1cc(F)c(S(=O)(=O)NNC(=O)C(C)C)cc1OC. The molecule has 0 saturated heterocycles. The number of sulfonamides is 1. The summed E-state index contributed by atoms with van der Waals surface area (Å²) in [7, 11) is -1.68. The quantitative estimate of drug-likeness (QED) is 0.757. The van der Waals surface area contributed by atoms with Crippen molar-refractivity contribution >= 4 is 15.9 Å². The Bertz CT molecular complexity index is 631. The number of carbonyl (C=O) groups is 1. The summed E-state index contributed by atoms with van der Waals surface area (Å²) >= 11 is 0. The molecule has 7 nitrogen and oxygen atoms in total. The zero-order valence-corrected chi connectivity index (χ0v) is 12.9. The molecule has 0 aliphatic heterocycles. The molecule has 0 atom stereocenters. The number of amides is 1. The van der Waals surface area contributed by atoms with Crippen molar-refractivity contribution in [1.29, 1.82) is 0 Å². The van der Waals surface area contributed by atoms with E-state index < -0.39 is 32.6 Å². The molecular weight excluding hydrogens is 303 g/mol. The smallest absolute Gasteiger partial charge is 0.260 e. The summed E-state index contributed by atoms with van der Waals surface area (Å²) in [6.45, 7) is 3.17. The van der Waals surface area contributed by atoms with Crippen molar-refractivity contribution in [3.05, 3.63) is 17.9 Å². The van der Waals surface area contributed by atoms with Crippen molar-refractivity contribution in [2.75, 3.05) is 14.2 Å². The first-order valence-corrected chi connectivity index (χ1v) is 7.44. The lowest BCUT2D eigenvalue weighted by molar-refractivity contribution is -0.124. The van der Waals surface area contributed by atoms with Crippen LogP contribution in [0.1, 0.15) is 13.8 Å². The zero-order chi connectivity index (χ0) is 16.2. The van der Waals surface area contributed by atoms with Gasteiger partial charge in [-0.3, -0.25) is 10.2 Å². The molecule has 0 saturated carbocycles. The third-order valence-electron chi connectivity index (χ3n) is 2.56. The number of halogens is 1. The fraction of sp³-hybridized carbons (Fsp3) is 0.417. The van der Waals surface area contributed by atoms with Crippen molar-refractivity contribution in [3.8, 4) is 11.5 Å². The van der Waals surface area contributed by atoms with E-state index in [9.17, 15) is 17.6 Å². The third kappa shape index (κ3) is 4.05. The predicted octanol–water partition coefficient (Wildman–Crippen LogP) is 0.808. The number of ether oxygens (including phenoxy) is 2. The molecule has 0 aliphatic rings. The summed E-state index contributed by atoms with van der Waals surface area (Å²) in [5.41, 5.74) is 2.00. The van der Waals surface area contributed by atoms with Gasteiger partial charge in [0.15, 0.2) is 11.5 Å². The first kappa shape index (κ1) is 17.2. The third-order valence-corrected chi connectivity index (χ3v) is 3.82. The molecule has 0 aromatic heterocycles. The minimum Gasteiger partial charge on any atom is -0.493 e. The summed E-state index contributed by atoms with van der Waals surface area (Å²) in [5.74, 6) is -1.89. The van der Waals surface area contributed by atoms with Crippen molar-refractivity contribution in [2.45, 2.75) is 18.7 Å². The van der Waals surface area contributed by atoms with Gasteiger partial charge in [-0.1, -0.05) is 13.8 Å². The number of nitrogens with one attached hydrogen (secondary N) is 2. The van der Waals surface area contributed by atoms with Crippen molar-refractivity contribution < 1.29 is 27.1 Å². The van der Waals surface area contributed by atoms with Crippen LogP contribution in [0.2, 0.25) is 0 Å². The number of hydrogen-bond donors (Lipinski definition) is 2. The van der Waals surface area contributed by atoms with Crippen LogP contribution in [0, 0.1) is 11.7 Å². The van der Waals surface area contributed by atoms with Gasteiger partial charge >= 0.3 is 0 Å². The van der Waals surface area contributed by atoms with E-state index in [0.717, 1.165) is 12.1 Å². The van der Waals surface area contributed by atoms with Crippen LogP contribution in [0.5, 0.6) is 11.5 Å². The largest absolute Gasteiger partial charge is 0.493 e. The highest BCUT2D eigenvalue weighted by Crippen LogP contribution is 2.31. The number of carbonyl (C=O) groups excluding carboxylic acids is 1.